The Morgan fingerprint density at radius 2 is 1.82 bits per heavy atom. The van der Waals surface area contributed by atoms with Gasteiger partial charge < -0.3 is 15.0 Å². The fourth-order valence-electron chi connectivity index (χ4n) is 5.17. The number of hydrogen-bond donors (Lipinski definition) is 1. The topological polar surface area (TPSA) is 91.8 Å². The molecule has 1 N–H and O–H groups in total. The largest absolute Gasteiger partial charge is 0.353 e. The number of likely N-dealkylation sites (tertiary alicyclic amines) is 1. The Kier molecular flexibility index (Phi) is 7.38. The lowest BCUT2D eigenvalue weighted by molar-refractivity contribution is -0.128. The second-order valence-corrected chi connectivity index (χ2v) is 9.77. The van der Waals surface area contributed by atoms with E-state index < -0.39 is 29.3 Å². The van der Waals surface area contributed by atoms with E-state index >= 15 is 0 Å². The first-order chi connectivity index (χ1) is 18.8. The maximum atomic E-state index is 14.3. The Hall–Kier alpha value is -4.18. The number of nitrogens with zero attached hydrogens (tertiary/aromatic N) is 3. The van der Waals surface area contributed by atoms with Crippen LogP contribution in [0.4, 0.5) is 8.78 Å². The van der Waals surface area contributed by atoms with Gasteiger partial charge in [0.15, 0.2) is 0 Å². The van der Waals surface area contributed by atoms with Crippen molar-refractivity contribution in [3.8, 4) is 0 Å². The number of hydrogen-bond acceptors (Lipinski definition) is 5. The predicted octanol–water partition coefficient (Wildman–Crippen LogP) is 3.46. The van der Waals surface area contributed by atoms with E-state index in [2.05, 4.69) is 10.3 Å². The number of pyridine rings is 1. The van der Waals surface area contributed by atoms with Gasteiger partial charge in [-0.15, -0.1) is 0 Å². The number of rotatable bonds is 5. The number of amides is 3. The van der Waals surface area contributed by atoms with Crippen molar-refractivity contribution in [2.45, 2.75) is 38.1 Å². The van der Waals surface area contributed by atoms with Gasteiger partial charge in [-0.3, -0.25) is 24.3 Å². The van der Waals surface area contributed by atoms with Crippen LogP contribution in [0.2, 0.25) is 0 Å². The zero-order chi connectivity index (χ0) is 27.6. The number of carbonyl (C=O) groups excluding carboxylic acids is 3. The Morgan fingerprint density at radius 1 is 1.03 bits per heavy atom. The standard InChI is InChI=1S/C29H28F2N4O4/c1-19-5-4-6-20(15-19)27(37)35-25(26(36)33-17-22-7-2-3-12-32-22)18-39-29(35)10-13-34(14-11-29)28(38)23-9-8-21(30)16-24(23)31/h2-9,12,15-16,25H,10-11,13-14,17-18H2,1H3,(H,33,36)/t25-/m0/s1. The summed E-state index contributed by atoms with van der Waals surface area (Å²) in [5, 5.41) is 2.86. The molecule has 0 bridgehead atoms. The molecule has 2 aliphatic heterocycles. The normalized spacial score (nSPS) is 18.3. The zero-order valence-corrected chi connectivity index (χ0v) is 21.4. The molecule has 8 nitrogen and oxygen atoms in total. The summed E-state index contributed by atoms with van der Waals surface area (Å²) in [4.78, 5) is 47.3. The highest BCUT2D eigenvalue weighted by Crippen LogP contribution is 2.39. The average molecular weight is 535 g/mol. The number of benzene rings is 2. The Morgan fingerprint density at radius 3 is 2.51 bits per heavy atom. The molecule has 2 fully saturated rings. The van der Waals surface area contributed by atoms with E-state index in [0.29, 0.717) is 17.3 Å². The molecule has 1 spiro atoms. The first-order valence-electron chi connectivity index (χ1n) is 12.7. The average Bonchev–Trinajstić information content (AvgIpc) is 3.30. The van der Waals surface area contributed by atoms with E-state index in [9.17, 15) is 23.2 Å². The fourth-order valence-corrected chi connectivity index (χ4v) is 5.17. The summed E-state index contributed by atoms with van der Waals surface area (Å²) >= 11 is 0. The molecule has 1 atom stereocenters. The molecule has 2 saturated heterocycles. The van der Waals surface area contributed by atoms with Crippen molar-refractivity contribution in [1.82, 2.24) is 20.1 Å². The number of nitrogens with one attached hydrogen (secondary N) is 1. The van der Waals surface area contributed by atoms with Crippen LogP contribution in [0.15, 0.2) is 66.9 Å². The SMILES string of the molecule is Cc1cccc(C(=O)N2[C@H](C(=O)NCc3ccccn3)COC23CCN(C(=O)c2ccc(F)cc2F)CC3)c1. The van der Waals surface area contributed by atoms with E-state index in [1.807, 2.05) is 19.1 Å². The third-order valence-electron chi connectivity index (χ3n) is 7.21. The summed E-state index contributed by atoms with van der Waals surface area (Å²) in [5.41, 5.74) is 0.656. The van der Waals surface area contributed by atoms with E-state index in [4.69, 9.17) is 4.74 Å². The molecule has 3 heterocycles. The van der Waals surface area contributed by atoms with Crippen LogP contribution >= 0.6 is 0 Å². The molecule has 39 heavy (non-hydrogen) atoms. The minimum Gasteiger partial charge on any atom is -0.353 e. The van der Waals surface area contributed by atoms with Gasteiger partial charge in [0.25, 0.3) is 11.8 Å². The molecule has 3 aromatic rings. The maximum Gasteiger partial charge on any atom is 0.256 e. The molecule has 10 heteroatoms. The van der Waals surface area contributed by atoms with Crippen LogP contribution in [0.3, 0.4) is 0 Å². The molecule has 202 valence electrons. The van der Waals surface area contributed by atoms with Crippen molar-refractivity contribution >= 4 is 17.7 Å². The smallest absolute Gasteiger partial charge is 0.256 e. The molecule has 0 saturated carbocycles. The van der Waals surface area contributed by atoms with Crippen LogP contribution in [0.5, 0.6) is 0 Å². The van der Waals surface area contributed by atoms with Crippen LogP contribution in [-0.4, -0.2) is 64.0 Å². The summed E-state index contributed by atoms with van der Waals surface area (Å²) in [5.74, 6) is -2.98. The van der Waals surface area contributed by atoms with Gasteiger partial charge >= 0.3 is 0 Å². The zero-order valence-electron chi connectivity index (χ0n) is 21.4. The Bertz CT molecular complexity index is 1390. The van der Waals surface area contributed by atoms with E-state index in [0.717, 1.165) is 17.7 Å². The highest BCUT2D eigenvalue weighted by molar-refractivity contribution is 5.99. The van der Waals surface area contributed by atoms with Crippen molar-refractivity contribution < 1.29 is 27.9 Å². The summed E-state index contributed by atoms with van der Waals surface area (Å²) in [6.07, 6.45) is 2.09. The number of aromatic nitrogens is 1. The van der Waals surface area contributed by atoms with Gasteiger partial charge in [-0.2, -0.15) is 0 Å². The van der Waals surface area contributed by atoms with Gasteiger partial charge in [0.05, 0.1) is 24.4 Å². The third kappa shape index (κ3) is 5.37. The van der Waals surface area contributed by atoms with Crippen molar-refractivity contribution in [1.29, 1.82) is 0 Å². The summed E-state index contributed by atoms with van der Waals surface area (Å²) < 4.78 is 33.8. The summed E-state index contributed by atoms with van der Waals surface area (Å²) in [6, 6.07) is 14.5. The van der Waals surface area contributed by atoms with Crippen LogP contribution < -0.4 is 5.32 Å². The molecule has 5 rings (SSSR count). The van der Waals surface area contributed by atoms with Crippen LogP contribution in [0, 0.1) is 18.6 Å². The molecule has 0 unspecified atom stereocenters. The Balaban J connectivity index is 1.37. The van der Waals surface area contributed by atoms with Crippen molar-refractivity contribution in [3.05, 3.63) is 101 Å². The van der Waals surface area contributed by atoms with Gasteiger partial charge in [0.1, 0.15) is 23.4 Å². The van der Waals surface area contributed by atoms with E-state index in [1.54, 1.807) is 36.5 Å². The van der Waals surface area contributed by atoms with E-state index in [1.165, 1.54) is 9.80 Å². The second-order valence-electron chi connectivity index (χ2n) is 9.77. The number of ether oxygens (including phenoxy) is 1. The lowest BCUT2D eigenvalue weighted by atomic mass is 9.95. The first kappa shape index (κ1) is 26.4. The van der Waals surface area contributed by atoms with Crippen LogP contribution in [0.1, 0.15) is 44.8 Å². The first-order valence-corrected chi connectivity index (χ1v) is 12.7. The summed E-state index contributed by atoms with van der Waals surface area (Å²) in [6.45, 7) is 2.39. The van der Waals surface area contributed by atoms with Crippen molar-refractivity contribution in [2.24, 2.45) is 0 Å². The Labute approximate surface area is 224 Å². The number of piperidine rings is 1. The molecule has 0 aliphatic carbocycles. The molecular formula is C29H28F2N4O4. The number of carbonyl (C=O) groups is 3. The minimum absolute atomic E-state index is 0.00779. The predicted molar refractivity (Wildman–Crippen MR) is 137 cm³/mol. The van der Waals surface area contributed by atoms with Crippen molar-refractivity contribution in [3.63, 3.8) is 0 Å². The quantitative estimate of drug-likeness (QED) is 0.542. The van der Waals surface area contributed by atoms with Gasteiger partial charge in [-0.05, 0) is 43.3 Å². The lowest BCUT2D eigenvalue weighted by Crippen LogP contribution is -2.59. The molecule has 2 aromatic carbocycles. The third-order valence-corrected chi connectivity index (χ3v) is 7.21. The number of halogens is 2. The molecule has 0 radical (unpaired) electrons. The van der Waals surface area contributed by atoms with Crippen molar-refractivity contribution in [2.75, 3.05) is 19.7 Å². The van der Waals surface area contributed by atoms with Gasteiger partial charge in [0, 0.05) is 43.8 Å². The van der Waals surface area contributed by atoms with Crippen LogP contribution in [0.25, 0.3) is 0 Å². The highest BCUT2D eigenvalue weighted by Gasteiger charge is 2.54. The molecule has 1 aromatic heterocycles. The lowest BCUT2D eigenvalue weighted by Gasteiger charge is -2.44. The summed E-state index contributed by atoms with van der Waals surface area (Å²) in [7, 11) is 0. The van der Waals surface area contributed by atoms with Gasteiger partial charge in [-0.25, -0.2) is 8.78 Å². The van der Waals surface area contributed by atoms with Gasteiger partial charge in [0.2, 0.25) is 5.91 Å². The van der Waals surface area contributed by atoms with E-state index in [-0.39, 0.29) is 56.5 Å². The molecular weight excluding hydrogens is 506 g/mol. The molecule has 3 amide bonds. The van der Waals surface area contributed by atoms with Gasteiger partial charge in [-0.1, -0.05) is 23.8 Å². The number of aryl methyl sites for hydroxylation is 1. The monoisotopic (exact) mass is 534 g/mol. The van der Waals surface area contributed by atoms with Crippen LogP contribution in [-0.2, 0) is 16.1 Å². The minimum atomic E-state index is -1.12. The highest BCUT2D eigenvalue weighted by atomic mass is 19.1. The molecule has 2 aliphatic rings. The maximum absolute atomic E-state index is 14.3. The fraction of sp³-hybridized carbons (Fsp3) is 0.310. The second kappa shape index (κ2) is 10.9.